The van der Waals surface area contributed by atoms with Crippen LogP contribution in [0.4, 0.5) is 0 Å². The van der Waals surface area contributed by atoms with E-state index >= 15 is 0 Å². The number of ketones is 1. The van der Waals surface area contributed by atoms with Gasteiger partial charge in [0.15, 0.2) is 8.32 Å². The molecule has 0 amide bonds. The molecule has 5 heteroatoms. The maximum absolute atomic E-state index is 12.0. The Morgan fingerprint density at radius 1 is 1.47 bits per heavy atom. The summed E-state index contributed by atoms with van der Waals surface area (Å²) in [6.45, 7) is 9.84. The molecule has 0 saturated heterocycles. The van der Waals surface area contributed by atoms with Gasteiger partial charge in [-0.05, 0) is 33.5 Å². The fraction of sp³-hybridized carbons (Fsp3) is 0.600. The van der Waals surface area contributed by atoms with E-state index in [9.17, 15) is 4.79 Å². The molecule has 1 rings (SSSR count). The van der Waals surface area contributed by atoms with Gasteiger partial charge in [0.1, 0.15) is 11.3 Å². The lowest BCUT2D eigenvalue weighted by atomic mass is 10.0. The van der Waals surface area contributed by atoms with E-state index in [4.69, 9.17) is 4.43 Å². The molecule has 0 aliphatic heterocycles. The molecule has 1 heterocycles. The molecule has 0 bridgehead atoms. The van der Waals surface area contributed by atoms with Gasteiger partial charge in [0.05, 0.1) is 5.51 Å². The van der Waals surface area contributed by atoms with Gasteiger partial charge in [-0.2, -0.15) is 0 Å². The zero-order valence-electron chi connectivity index (χ0n) is 9.83. The van der Waals surface area contributed by atoms with Gasteiger partial charge < -0.3 is 4.43 Å². The molecule has 15 heavy (non-hydrogen) atoms. The summed E-state index contributed by atoms with van der Waals surface area (Å²) in [5.74, 6) is -0.0359. The summed E-state index contributed by atoms with van der Waals surface area (Å²) in [4.78, 5) is 16.1. The van der Waals surface area contributed by atoms with Crippen molar-refractivity contribution in [2.45, 2.75) is 39.1 Å². The minimum Gasteiger partial charge on any atom is -0.405 e. The predicted octanol–water partition coefficient (Wildman–Crippen LogP) is 2.96. The lowest BCUT2D eigenvalue weighted by Crippen LogP contribution is -2.44. The van der Waals surface area contributed by atoms with E-state index in [0.29, 0.717) is 5.69 Å². The second-order valence-electron chi connectivity index (χ2n) is 4.93. The van der Waals surface area contributed by atoms with Crippen molar-refractivity contribution in [3.8, 4) is 0 Å². The number of hydrogen-bond donors (Lipinski definition) is 0. The molecule has 1 aromatic heterocycles. The molecule has 0 saturated carbocycles. The van der Waals surface area contributed by atoms with E-state index in [1.165, 1.54) is 11.3 Å². The van der Waals surface area contributed by atoms with Crippen molar-refractivity contribution in [2.24, 2.45) is 0 Å². The quantitative estimate of drug-likeness (QED) is 0.603. The summed E-state index contributed by atoms with van der Waals surface area (Å²) in [6, 6.07) is 0. The Hall–Kier alpha value is -0.523. The van der Waals surface area contributed by atoms with Gasteiger partial charge in [0.2, 0.25) is 5.78 Å². The Bertz CT molecular complexity index is 341. The van der Waals surface area contributed by atoms with Crippen LogP contribution in [0.3, 0.4) is 0 Å². The fourth-order valence-corrected chi connectivity index (χ4v) is 3.60. The molecule has 0 fully saturated rings. The molecule has 0 spiro atoms. The van der Waals surface area contributed by atoms with Crippen molar-refractivity contribution in [3.63, 3.8) is 0 Å². The summed E-state index contributed by atoms with van der Waals surface area (Å²) < 4.78 is 5.86. The molecule has 1 aromatic rings. The summed E-state index contributed by atoms with van der Waals surface area (Å²) in [5.41, 5.74) is 1.40. The number of aromatic nitrogens is 1. The summed E-state index contributed by atoms with van der Waals surface area (Å²) >= 11 is 1.43. The zero-order valence-corrected chi connectivity index (χ0v) is 11.6. The van der Waals surface area contributed by atoms with Crippen LogP contribution in [0.1, 0.15) is 24.3 Å². The highest BCUT2D eigenvalue weighted by molar-refractivity contribution is 7.07. The Kier molecular flexibility index (Phi) is 3.47. The van der Waals surface area contributed by atoms with Gasteiger partial charge in [-0.15, -0.1) is 11.3 Å². The minimum atomic E-state index is -1.71. The molecule has 0 atom stereocenters. The standard InChI is InChI=1S/C10H17NO2SSi/c1-10(2,13-15(3,4)5)9(12)8-6-14-7-11-8/h6-7H,1-5H3. The summed E-state index contributed by atoms with van der Waals surface area (Å²) in [5, 5.41) is 1.76. The highest BCUT2D eigenvalue weighted by atomic mass is 32.1. The molecule has 0 radical (unpaired) electrons. The molecule has 84 valence electrons. The maximum atomic E-state index is 12.0. The average Bonchev–Trinajstić information content (AvgIpc) is 2.49. The number of carbonyl (C=O) groups excluding carboxylic acids is 1. The Morgan fingerprint density at radius 3 is 2.47 bits per heavy atom. The van der Waals surface area contributed by atoms with Gasteiger partial charge in [0, 0.05) is 5.38 Å². The van der Waals surface area contributed by atoms with Crippen molar-refractivity contribution in [1.82, 2.24) is 4.98 Å². The van der Waals surface area contributed by atoms with E-state index in [2.05, 4.69) is 24.6 Å². The van der Waals surface area contributed by atoms with Crippen LogP contribution in [0.2, 0.25) is 19.6 Å². The van der Waals surface area contributed by atoms with Crippen LogP contribution in [0, 0.1) is 0 Å². The lowest BCUT2D eigenvalue weighted by Gasteiger charge is -2.31. The normalized spacial score (nSPS) is 12.9. The zero-order chi connectivity index (χ0) is 11.7. The number of carbonyl (C=O) groups is 1. The molecule has 0 aromatic carbocycles. The second kappa shape index (κ2) is 4.15. The number of hydrogen-bond acceptors (Lipinski definition) is 4. The first-order chi connectivity index (χ1) is 6.72. The van der Waals surface area contributed by atoms with E-state index in [1.807, 2.05) is 13.8 Å². The first-order valence-corrected chi connectivity index (χ1v) is 9.21. The van der Waals surface area contributed by atoms with Crippen molar-refractivity contribution < 1.29 is 9.22 Å². The van der Waals surface area contributed by atoms with Crippen LogP contribution >= 0.6 is 11.3 Å². The van der Waals surface area contributed by atoms with Crippen LogP contribution in [-0.4, -0.2) is 24.7 Å². The SMILES string of the molecule is CC(C)(O[Si](C)(C)C)C(=O)c1cscn1. The molecule has 0 unspecified atom stereocenters. The number of nitrogens with zero attached hydrogens (tertiary/aromatic N) is 1. The molecule has 0 N–H and O–H groups in total. The number of Topliss-reactive ketones (excluding diaryl/α,β-unsaturated/α-hetero) is 1. The smallest absolute Gasteiger partial charge is 0.212 e. The lowest BCUT2D eigenvalue weighted by molar-refractivity contribution is 0.0553. The number of thiazole rings is 1. The molecular weight excluding hydrogens is 226 g/mol. The molecular formula is C10H17NO2SSi. The Balaban J connectivity index is 2.83. The highest BCUT2D eigenvalue weighted by Gasteiger charge is 2.35. The van der Waals surface area contributed by atoms with Crippen molar-refractivity contribution in [2.75, 3.05) is 0 Å². The summed E-state index contributed by atoms with van der Waals surface area (Å²) in [6.07, 6.45) is 0. The molecule has 0 aliphatic rings. The van der Waals surface area contributed by atoms with Gasteiger partial charge in [-0.25, -0.2) is 4.98 Å². The van der Waals surface area contributed by atoms with E-state index in [0.717, 1.165) is 0 Å². The minimum absolute atomic E-state index is 0.0359. The predicted molar refractivity (Wildman–Crippen MR) is 65.0 cm³/mol. The van der Waals surface area contributed by atoms with Gasteiger partial charge in [-0.3, -0.25) is 4.79 Å². The van der Waals surface area contributed by atoms with Crippen LogP contribution in [-0.2, 0) is 4.43 Å². The molecule has 0 aliphatic carbocycles. The monoisotopic (exact) mass is 243 g/mol. The average molecular weight is 243 g/mol. The first kappa shape index (κ1) is 12.5. The fourth-order valence-electron chi connectivity index (χ4n) is 1.44. The largest absolute Gasteiger partial charge is 0.405 e. The van der Waals surface area contributed by atoms with Crippen LogP contribution < -0.4 is 0 Å². The van der Waals surface area contributed by atoms with Crippen LogP contribution in [0.15, 0.2) is 10.9 Å². The number of rotatable bonds is 4. The topological polar surface area (TPSA) is 39.2 Å². The van der Waals surface area contributed by atoms with Crippen molar-refractivity contribution >= 4 is 25.4 Å². The second-order valence-corrected chi connectivity index (χ2v) is 10.1. The van der Waals surface area contributed by atoms with Crippen molar-refractivity contribution in [3.05, 3.63) is 16.6 Å². The van der Waals surface area contributed by atoms with E-state index in [1.54, 1.807) is 10.9 Å². The maximum Gasteiger partial charge on any atom is 0.212 e. The third kappa shape index (κ3) is 3.51. The van der Waals surface area contributed by atoms with Crippen LogP contribution in [0.5, 0.6) is 0 Å². The van der Waals surface area contributed by atoms with Crippen molar-refractivity contribution in [1.29, 1.82) is 0 Å². The Morgan fingerprint density at radius 2 is 2.07 bits per heavy atom. The first-order valence-electron chi connectivity index (χ1n) is 4.85. The third-order valence-electron chi connectivity index (χ3n) is 1.77. The Labute approximate surface area is 95.6 Å². The van der Waals surface area contributed by atoms with Crippen LogP contribution in [0.25, 0.3) is 0 Å². The summed E-state index contributed by atoms with van der Waals surface area (Å²) in [7, 11) is -1.71. The van der Waals surface area contributed by atoms with Gasteiger partial charge in [-0.1, -0.05) is 0 Å². The highest BCUT2D eigenvalue weighted by Crippen LogP contribution is 2.22. The van der Waals surface area contributed by atoms with E-state index in [-0.39, 0.29) is 5.78 Å². The third-order valence-corrected chi connectivity index (χ3v) is 3.48. The molecule has 3 nitrogen and oxygen atoms in total. The van der Waals surface area contributed by atoms with E-state index < -0.39 is 13.9 Å². The van der Waals surface area contributed by atoms with Gasteiger partial charge in [0.25, 0.3) is 0 Å². The van der Waals surface area contributed by atoms with Gasteiger partial charge >= 0.3 is 0 Å².